The van der Waals surface area contributed by atoms with Gasteiger partial charge in [0.05, 0.1) is 6.04 Å². The van der Waals surface area contributed by atoms with Gasteiger partial charge in [-0.3, -0.25) is 9.59 Å². The number of carbonyl (C=O) groups excluding carboxylic acids is 2. The van der Waals surface area contributed by atoms with E-state index in [0.717, 1.165) is 35.3 Å². The molecule has 0 bridgehead atoms. The third-order valence-corrected chi connectivity index (χ3v) is 4.83. The largest absolute Gasteiger partial charge is 0.348 e. The zero-order chi connectivity index (χ0) is 18.7. The van der Waals surface area contributed by atoms with E-state index in [1.165, 1.54) is 0 Å². The first-order valence-corrected chi connectivity index (χ1v) is 8.98. The van der Waals surface area contributed by atoms with E-state index in [1.807, 2.05) is 62.4 Å². The van der Waals surface area contributed by atoms with Crippen molar-refractivity contribution in [3.8, 4) is 0 Å². The molecule has 1 aliphatic heterocycles. The van der Waals surface area contributed by atoms with E-state index >= 15 is 0 Å². The minimum Gasteiger partial charge on any atom is -0.348 e. The molecule has 0 radical (unpaired) electrons. The smallest absolute Gasteiger partial charge is 0.241 e. The summed E-state index contributed by atoms with van der Waals surface area (Å²) in [6, 6.07) is 14.5. The highest BCUT2D eigenvalue weighted by Crippen LogP contribution is 2.25. The van der Waals surface area contributed by atoms with Gasteiger partial charge in [0.15, 0.2) is 0 Å². The minimum atomic E-state index is -0.707. The Bertz CT molecular complexity index is 801. The normalized spacial score (nSPS) is 16.4. The quantitative estimate of drug-likeness (QED) is 0.869. The Balaban J connectivity index is 1.69. The summed E-state index contributed by atoms with van der Waals surface area (Å²) in [5.74, 6) is -0.0655. The van der Waals surface area contributed by atoms with Crippen LogP contribution in [0.2, 0.25) is 0 Å². The fraction of sp³-hybridized carbons (Fsp3) is 0.333. The molecule has 3 rings (SSSR count). The summed E-state index contributed by atoms with van der Waals surface area (Å²) < 4.78 is 0. The average molecular weight is 351 g/mol. The summed E-state index contributed by atoms with van der Waals surface area (Å²) >= 11 is 0. The Labute approximate surface area is 154 Å². The van der Waals surface area contributed by atoms with Gasteiger partial charge < -0.3 is 16.0 Å². The van der Waals surface area contributed by atoms with Gasteiger partial charge >= 0.3 is 0 Å². The van der Waals surface area contributed by atoms with Crippen LogP contribution in [0.1, 0.15) is 48.5 Å². The van der Waals surface area contributed by atoms with Crippen LogP contribution in [0.5, 0.6) is 0 Å². The molecule has 3 N–H and O–H groups in total. The van der Waals surface area contributed by atoms with Crippen LogP contribution in [-0.4, -0.2) is 18.4 Å². The zero-order valence-electron chi connectivity index (χ0n) is 15.2. The van der Waals surface area contributed by atoms with E-state index in [-0.39, 0.29) is 17.9 Å². The first-order chi connectivity index (χ1) is 12.5. The maximum Gasteiger partial charge on any atom is 0.241 e. The van der Waals surface area contributed by atoms with Crippen molar-refractivity contribution in [1.82, 2.24) is 5.32 Å². The summed E-state index contributed by atoms with van der Waals surface area (Å²) in [4.78, 5) is 26.2. The lowest BCUT2D eigenvalue weighted by Crippen LogP contribution is -2.35. The molecule has 1 saturated heterocycles. The van der Waals surface area contributed by atoms with Crippen LogP contribution in [0, 0.1) is 6.92 Å². The summed E-state index contributed by atoms with van der Waals surface area (Å²) in [6.45, 7) is 4.67. The lowest BCUT2D eigenvalue weighted by Gasteiger charge is -2.21. The standard InChI is InChI=1S/C21H25N3O2/c1-14-8-10-16(11-9-14)20(22)21(26)23-15(2)17-5-3-6-18(13-17)24-12-4-7-19(24)25/h3,5-6,8-11,13,15,20H,4,7,12,22H2,1-2H3,(H,23,26). The Hall–Kier alpha value is -2.66. The number of aryl methyl sites for hydroxylation is 1. The number of hydrogen-bond acceptors (Lipinski definition) is 3. The van der Waals surface area contributed by atoms with Gasteiger partial charge in [0, 0.05) is 18.7 Å². The number of nitrogens with one attached hydrogen (secondary N) is 1. The van der Waals surface area contributed by atoms with E-state index in [0.29, 0.717) is 6.42 Å². The molecule has 2 atom stereocenters. The number of hydrogen-bond donors (Lipinski definition) is 2. The topological polar surface area (TPSA) is 75.4 Å². The maximum absolute atomic E-state index is 12.5. The number of amides is 2. The van der Waals surface area contributed by atoms with Gasteiger partial charge in [0.1, 0.15) is 6.04 Å². The van der Waals surface area contributed by atoms with Crippen LogP contribution in [0.4, 0.5) is 5.69 Å². The molecule has 2 unspecified atom stereocenters. The van der Waals surface area contributed by atoms with Crippen molar-refractivity contribution in [3.05, 3.63) is 65.2 Å². The van der Waals surface area contributed by atoms with E-state index in [2.05, 4.69) is 5.32 Å². The van der Waals surface area contributed by atoms with Crippen molar-refractivity contribution in [1.29, 1.82) is 0 Å². The van der Waals surface area contributed by atoms with Crippen molar-refractivity contribution in [2.45, 2.75) is 38.8 Å². The second-order valence-corrected chi connectivity index (χ2v) is 6.86. The molecule has 26 heavy (non-hydrogen) atoms. The van der Waals surface area contributed by atoms with Gasteiger partial charge in [-0.15, -0.1) is 0 Å². The fourth-order valence-corrected chi connectivity index (χ4v) is 3.19. The summed E-state index contributed by atoms with van der Waals surface area (Å²) in [7, 11) is 0. The summed E-state index contributed by atoms with van der Waals surface area (Å²) in [5.41, 5.74) is 9.85. The third-order valence-electron chi connectivity index (χ3n) is 4.83. The van der Waals surface area contributed by atoms with E-state index < -0.39 is 6.04 Å². The number of nitrogens with two attached hydrogens (primary N) is 1. The lowest BCUT2D eigenvalue weighted by molar-refractivity contribution is -0.123. The van der Waals surface area contributed by atoms with E-state index in [1.54, 1.807) is 4.90 Å². The molecule has 5 heteroatoms. The predicted molar refractivity (Wildman–Crippen MR) is 103 cm³/mol. The molecule has 0 aromatic heterocycles. The van der Waals surface area contributed by atoms with Crippen molar-refractivity contribution >= 4 is 17.5 Å². The maximum atomic E-state index is 12.5. The molecule has 2 aromatic rings. The Kier molecular flexibility index (Phi) is 5.38. The molecular weight excluding hydrogens is 326 g/mol. The van der Waals surface area contributed by atoms with Gasteiger partial charge in [-0.1, -0.05) is 42.0 Å². The summed E-state index contributed by atoms with van der Waals surface area (Å²) in [6.07, 6.45) is 1.49. The van der Waals surface area contributed by atoms with Crippen LogP contribution in [0.3, 0.4) is 0 Å². The molecule has 0 aliphatic carbocycles. The van der Waals surface area contributed by atoms with Gasteiger partial charge in [-0.05, 0) is 43.5 Å². The highest BCUT2D eigenvalue weighted by atomic mass is 16.2. The lowest BCUT2D eigenvalue weighted by atomic mass is 10.0. The molecule has 5 nitrogen and oxygen atoms in total. The Morgan fingerprint density at radius 2 is 1.88 bits per heavy atom. The van der Waals surface area contributed by atoms with Crippen LogP contribution in [-0.2, 0) is 9.59 Å². The highest BCUT2D eigenvalue weighted by Gasteiger charge is 2.23. The molecular formula is C21H25N3O2. The second kappa shape index (κ2) is 7.70. The first kappa shape index (κ1) is 18.1. The molecule has 0 spiro atoms. The first-order valence-electron chi connectivity index (χ1n) is 8.98. The molecule has 136 valence electrons. The van der Waals surface area contributed by atoms with Gasteiger partial charge in [0.2, 0.25) is 11.8 Å². The van der Waals surface area contributed by atoms with Crippen molar-refractivity contribution in [3.63, 3.8) is 0 Å². The third kappa shape index (κ3) is 3.94. The number of rotatable bonds is 5. The van der Waals surface area contributed by atoms with E-state index in [9.17, 15) is 9.59 Å². The van der Waals surface area contributed by atoms with E-state index in [4.69, 9.17) is 5.73 Å². The number of nitrogens with zero attached hydrogens (tertiary/aromatic N) is 1. The average Bonchev–Trinajstić information content (AvgIpc) is 3.07. The SMILES string of the molecule is Cc1ccc(C(N)C(=O)NC(C)c2cccc(N3CCCC3=O)c2)cc1. The summed E-state index contributed by atoms with van der Waals surface area (Å²) in [5, 5.41) is 2.97. The van der Waals surface area contributed by atoms with Gasteiger partial charge in [-0.2, -0.15) is 0 Å². The molecule has 1 fully saturated rings. The zero-order valence-corrected chi connectivity index (χ0v) is 15.2. The van der Waals surface area contributed by atoms with Crippen molar-refractivity contribution in [2.75, 3.05) is 11.4 Å². The van der Waals surface area contributed by atoms with Crippen LogP contribution >= 0.6 is 0 Å². The molecule has 1 heterocycles. The number of anilines is 1. The predicted octanol–water partition coefficient (Wildman–Crippen LogP) is 3.00. The van der Waals surface area contributed by atoms with Gasteiger partial charge in [-0.25, -0.2) is 0 Å². The molecule has 0 saturated carbocycles. The monoisotopic (exact) mass is 351 g/mol. The van der Waals surface area contributed by atoms with Gasteiger partial charge in [0.25, 0.3) is 0 Å². The Morgan fingerprint density at radius 1 is 1.15 bits per heavy atom. The molecule has 2 aromatic carbocycles. The van der Waals surface area contributed by atoms with Crippen molar-refractivity contribution < 1.29 is 9.59 Å². The second-order valence-electron chi connectivity index (χ2n) is 6.86. The molecule has 1 aliphatic rings. The number of carbonyl (C=O) groups is 2. The minimum absolute atomic E-state index is 0.153. The fourth-order valence-electron chi connectivity index (χ4n) is 3.19. The highest BCUT2D eigenvalue weighted by molar-refractivity contribution is 5.95. The van der Waals surface area contributed by atoms with Crippen LogP contribution in [0.15, 0.2) is 48.5 Å². The van der Waals surface area contributed by atoms with Crippen LogP contribution in [0.25, 0.3) is 0 Å². The molecule has 2 amide bonds. The Morgan fingerprint density at radius 3 is 2.54 bits per heavy atom. The van der Waals surface area contributed by atoms with Crippen LogP contribution < -0.4 is 16.0 Å². The van der Waals surface area contributed by atoms with Crippen molar-refractivity contribution in [2.24, 2.45) is 5.73 Å². The number of benzene rings is 2.